The number of carbonyl (C=O) groups is 1. The summed E-state index contributed by atoms with van der Waals surface area (Å²) in [7, 11) is 0. The number of benzene rings is 1. The number of nitrogens with one attached hydrogen (secondary N) is 2. The highest BCUT2D eigenvalue weighted by Crippen LogP contribution is 2.15. The van der Waals surface area contributed by atoms with Gasteiger partial charge in [0.1, 0.15) is 5.75 Å². The molecule has 21 heavy (non-hydrogen) atoms. The molecular formula is C15H20F2N2O2. The minimum atomic E-state index is -2.81. The molecule has 6 heteroatoms. The molecule has 1 heterocycles. The summed E-state index contributed by atoms with van der Waals surface area (Å²) in [6.07, 6.45) is 3.74. The Balaban J connectivity index is 1.71. The van der Waals surface area contributed by atoms with Crippen molar-refractivity contribution in [1.82, 2.24) is 10.6 Å². The van der Waals surface area contributed by atoms with Gasteiger partial charge in [-0.3, -0.25) is 4.79 Å². The van der Waals surface area contributed by atoms with Crippen LogP contribution in [0.2, 0.25) is 0 Å². The van der Waals surface area contributed by atoms with Crippen LogP contribution in [0.15, 0.2) is 24.3 Å². The zero-order valence-electron chi connectivity index (χ0n) is 11.8. The summed E-state index contributed by atoms with van der Waals surface area (Å²) in [4.78, 5) is 11.9. The van der Waals surface area contributed by atoms with Crippen LogP contribution in [-0.2, 0) is 11.2 Å². The summed E-state index contributed by atoms with van der Waals surface area (Å²) in [5.41, 5.74) is 0.966. The van der Waals surface area contributed by atoms with Crippen LogP contribution in [0.3, 0.4) is 0 Å². The lowest BCUT2D eigenvalue weighted by Gasteiger charge is -2.22. The lowest BCUT2D eigenvalue weighted by molar-refractivity contribution is -0.123. The van der Waals surface area contributed by atoms with E-state index in [-0.39, 0.29) is 17.7 Å². The van der Waals surface area contributed by atoms with Crippen LogP contribution >= 0.6 is 0 Å². The number of amides is 1. The van der Waals surface area contributed by atoms with Crippen LogP contribution in [0.25, 0.3) is 0 Å². The van der Waals surface area contributed by atoms with Gasteiger partial charge in [0.15, 0.2) is 0 Å². The number of carbonyl (C=O) groups excluding carboxylic acids is 1. The fourth-order valence-corrected chi connectivity index (χ4v) is 2.37. The lowest BCUT2D eigenvalue weighted by atomic mass is 10.0. The first-order chi connectivity index (χ1) is 10.1. The van der Waals surface area contributed by atoms with Crippen molar-refractivity contribution >= 4 is 5.91 Å². The van der Waals surface area contributed by atoms with Crippen LogP contribution in [-0.4, -0.2) is 31.7 Å². The molecule has 116 valence electrons. The predicted molar refractivity (Wildman–Crippen MR) is 75.4 cm³/mol. The van der Waals surface area contributed by atoms with Gasteiger partial charge in [-0.2, -0.15) is 8.78 Å². The predicted octanol–water partition coefficient (Wildman–Crippen LogP) is 2.09. The molecule has 2 N–H and O–H groups in total. The molecule has 1 atom stereocenters. The first kappa shape index (κ1) is 15.7. The molecule has 4 nitrogen and oxygen atoms in total. The van der Waals surface area contributed by atoms with Crippen LogP contribution in [0.1, 0.15) is 24.8 Å². The molecule has 0 aromatic heterocycles. The number of ether oxygens (including phenoxy) is 1. The summed E-state index contributed by atoms with van der Waals surface area (Å²) < 4.78 is 28.3. The van der Waals surface area contributed by atoms with Crippen molar-refractivity contribution < 1.29 is 18.3 Å². The van der Waals surface area contributed by atoms with E-state index in [1.807, 2.05) is 0 Å². The number of alkyl halides is 2. The van der Waals surface area contributed by atoms with Gasteiger partial charge in [0, 0.05) is 6.54 Å². The fourth-order valence-electron chi connectivity index (χ4n) is 2.37. The number of piperidine rings is 1. The van der Waals surface area contributed by atoms with Crippen LogP contribution in [0.4, 0.5) is 8.78 Å². The molecule has 1 aromatic carbocycles. The Labute approximate surface area is 122 Å². The monoisotopic (exact) mass is 298 g/mol. The highest BCUT2D eigenvalue weighted by Gasteiger charge is 2.19. The van der Waals surface area contributed by atoms with Gasteiger partial charge < -0.3 is 15.4 Å². The molecule has 0 unspecified atom stereocenters. The molecule has 1 aliphatic heterocycles. The van der Waals surface area contributed by atoms with Crippen LogP contribution in [0.5, 0.6) is 5.75 Å². The van der Waals surface area contributed by atoms with E-state index in [9.17, 15) is 13.6 Å². The topological polar surface area (TPSA) is 50.4 Å². The molecule has 1 saturated heterocycles. The molecular weight excluding hydrogens is 278 g/mol. The Morgan fingerprint density at radius 1 is 1.33 bits per heavy atom. The minimum absolute atomic E-state index is 0.0346. The third-order valence-corrected chi connectivity index (χ3v) is 3.49. The van der Waals surface area contributed by atoms with Crippen molar-refractivity contribution in [2.75, 3.05) is 13.1 Å². The Bertz CT molecular complexity index is 445. The molecule has 0 spiro atoms. The van der Waals surface area contributed by atoms with E-state index in [0.717, 1.165) is 31.4 Å². The zero-order chi connectivity index (χ0) is 15.1. The first-order valence-electron chi connectivity index (χ1n) is 7.20. The second-order valence-corrected chi connectivity index (χ2v) is 5.07. The van der Waals surface area contributed by atoms with Crippen molar-refractivity contribution in [3.63, 3.8) is 0 Å². The quantitative estimate of drug-likeness (QED) is 0.845. The molecule has 0 aliphatic carbocycles. The smallest absolute Gasteiger partial charge is 0.387 e. The second kappa shape index (κ2) is 7.93. The van der Waals surface area contributed by atoms with E-state index in [2.05, 4.69) is 15.4 Å². The second-order valence-electron chi connectivity index (χ2n) is 5.07. The highest BCUT2D eigenvalue weighted by atomic mass is 19.3. The van der Waals surface area contributed by atoms with Gasteiger partial charge in [-0.1, -0.05) is 18.6 Å². The van der Waals surface area contributed by atoms with Gasteiger partial charge in [0.2, 0.25) is 5.91 Å². The first-order valence-corrected chi connectivity index (χ1v) is 7.20. The number of rotatable bonds is 6. The van der Waals surface area contributed by atoms with E-state index in [1.165, 1.54) is 12.1 Å². The number of halogens is 2. The largest absolute Gasteiger partial charge is 0.435 e. The van der Waals surface area contributed by atoms with Gasteiger partial charge in [0.05, 0.1) is 6.04 Å². The molecule has 1 fully saturated rings. The SMILES string of the molecule is O=C(NCCc1ccc(OC(F)F)cc1)[C@@H]1CCCCN1. The van der Waals surface area contributed by atoms with E-state index < -0.39 is 6.61 Å². The Morgan fingerprint density at radius 2 is 2.10 bits per heavy atom. The van der Waals surface area contributed by atoms with Crippen LogP contribution in [0, 0.1) is 0 Å². The van der Waals surface area contributed by atoms with Gasteiger partial charge in [0.25, 0.3) is 0 Å². The maximum atomic E-state index is 12.0. The van der Waals surface area contributed by atoms with Crippen molar-refractivity contribution in [2.24, 2.45) is 0 Å². The van der Waals surface area contributed by atoms with E-state index in [1.54, 1.807) is 12.1 Å². The third kappa shape index (κ3) is 5.30. The standard InChI is InChI=1S/C15H20F2N2O2/c16-15(17)21-12-6-4-11(5-7-12)8-10-19-14(20)13-3-1-2-9-18-13/h4-7,13,15,18H,1-3,8-10H2,(H,19,20)/t13-/m0/s1. The summed E-state index contributed by atoms with van der Waals surface area (Å²) in [5, 5.41) is 6.09. The van der Waals surface area contributed by atoms with E-state index >= 15 is 0 Å². The number of hydrogen-bond acceptors (Lipinski definition) is 3. The maximum absolute atomic E-state index is 12.0. The third-order valence-electron chi connectivity index (χ3n) is 3.49. The molecule has 0 saturated carbocycles. The van der Waals surface area contributed by atoms with Crippen molar-refractivity contribution in [3.05, 3.63) is 29.8 Å². The maximum Gasteiger partial charge on any atom is 0.387 e. The summed E-state index contributed by atoms with van der Waals surface area (Å²) in [5.74, 6) is 0.177. The minimum Gasteiger partial charge on any atom is -0.435 e. The van der Waals surface area contributed by atoms with Gasteiger partial charge >= 0.3 is 6.61 Å². The van der Waals surface area contributed by atoms with Crippen molar-refractivity contribution in [2.45, 2.75) is 38.3 Å². The van der Waals surface area contributed by atoms with Crippen LogP contribution < -0.4 is 15.4 Å². The molecule has 0 bridgehead atoms. The summed E-state index contributed by atoms with van der Waals surface area (Å²) in [6, 6.07) is 6.38. The normalized spacial score (nSPS) is 18.5. The summed E-state index contributed by atoms with van der Waals surface area (Å²) in [6.45, 7) is -1.38. The van der Waals surface area contributed by atoms with E-state index in [0.29, 0.717) is 13.0 Å². The molecule has 1 amide bonds. The molecule has 0 radical (unpaired) electrons. The van der Waals surface area contributed by atoms with Gasteiger partial charge in [-0.05, 0) is 43.5 Å². The van der Waals surface area contributed by atoms with Gasteiger partial charge in [-0.15, -0.1) is 0 Å². The van der Waals surface area contributed by atoms with Crippen molar-refractivity contribution in [3.8, 4) is 5.75 Å². The van der Waals surface area contributed by atoms with E-state index in [4.69, 9.17) is 0 Å². The average molecular weight is 298 g/mol. The average Bonchev–Trinajstić information content (AvgIpc) is 2.49. The fraction of sp³-hybridized carbons (Fsp3) is 0.533. The molecule has 1 aromatic rings. The number of hydrogen-bond donors (Lipinski definition) is 2. The van der Waals surface area contributed by atoms with Crippen molar-refractivity contribution in [1.29, 1.82) is 0 Å². The Hall–Kier alpha value is -1.69. The Kier molecular flexibility index (Phi) is 5.92. The molecule has 2 rings (SSSR count). The van der Waals surface area contributed by atoms with Gasteiger partial charge in [-0.25, -0.2) is 0 Å². The lowest BCUT2D eigenvalue weighted by Crippen LogP contribution is -2.47. The Morgan fingerprint density at radius 3 is 2.71 bits per heavy atom. The zero-order valence-corrected chi connectivity index (χ0v) is 11.8. The summed E-state index contributed by atoms with van der Waals surface area (Å²) >= 11 is 0. The highest BCUT2D eigenvalue weighted by molar-refractivity contribution is 5.81. The molecule has 1 aliphatic rings.